The summed E-state index contributed by atoms with van der Waals surface area (Å²) in [5, 5.41) is 11.1. The highest BCUT2D eigenvalue weighted by atomic mass is 16.5. The summed E-state index contributed by atoms with van der Waals surface area (Å²) in [6, 6.07) is 3.98. The van der Waals surface area contributed by atoms with Crippen molar-refractivity contribution in [2.75, 3.05) is 45.9 Å². The molecule has 1 N–H and O–H groups in total. The minimum absolute atomic E-state index is 0.00338. The molecule has 1 atom stereocenters. The SMILES string of the molecule is Cc1cccn2c(CC(=O)N3CCOC[C@@](O)(CN4CCCC4)C3)cnc12. The number of carbonyl (C=O) groups excluding carboxylic acids is 1. The molecule has 7 heteroatoms. The Morgan fingerprint density at radius 2 is 2.15 bits per heavy atom. The number of hydrogen-bond acceptors (Lipinski definition) is 5. The quantitative estimate of drug-likeness (QED) is 0.863. The van der Waals surface area contributed by atoms with Crippen molar-refractivity contribution in [2.45, 2.75) is 31.8 Å². The second-order valence-corrected chi connectivity index (χ2v) is 7.89. The van der Waals surface area contributed by atoms with Crippen LogP contribution in [0.5, 0.6) is 0 Å². The Labute approximate surface area is 159 Å². The van der Waals surface area contributed by atoms with Crippen LogP contribution < -0.4 is 0 Å². The van der Waals surface area contributed by atoms with E-state index in [9.17, 15) is 9.90 Å². The number of pyridine rings is 1. The van der Waals surface area contributed by atoms with Crippen LogP contribution in [0.3, 0.4) is 0 Å². The Kier molecular flexibility index (Phi) is 5.16. The molecule has 146 valence electrons. The average molecular weight is 372 g/mol. The maximum Gasteiger partial charge on any atom is 0.228 e. The van der Waals surface area contributed by atoms with E-state index in [0.717, 1.165) is 30.0 Å². The van der Waals surface area contributed by atoms with E-state index in [1.54, 1.807) is 11.1 Å². The molecule has 4 rings (SSSR count). The minimum Gasteiger partial charge on any atom is -0.384 e. The number of carbonyl (C=O) groups is 1. The minimum atomic E-state index is -1.01. The van der Waals surface area contributed by atoms with Gasteiger partial charge in [0, 0.05) is 25.5 Å². The number of β-amino-alcohol motifs (C(OH)–C–C–N with tert-alkyl or cyclic N) is 1. The monoisotopic (exact) mass is 372 g/mol. The standard InChI is InChI=1S/C20H28N4O3/c1-16-5-4-8-24-17(12-21-19(16)24)11-18(25)23-9-10-27-15-20(26,14-23)13-22-6-2-3-7-22/h4-5,8,12,26H,2-3,6-7,9-11,13-15H2,1H3/t20-/m1/s1. The van der Waals surface area contributed by atoms with Crippen LogP contribution in [0.15, 0.2) is 24.5 Å². The predicted molar refractivity (Wildman–Crippen MR) is 102 cm³/mol. The first-order chi connectivity index (χ1) is 13.0. The second kappa shape index (κ2) is 7.58. The third-order valence-corrected chi connectivity index (χ3v) is 5.57. The number of fused-ring (bicyclic) bond motifs is 1. The molecule has 0 radical (unpaired) electrons. The zero-order valence-electron chi connectivity index (χ0n) is 15.9. The molecule has 0 unspecified atom stereocenters. The first-order valence-corrected chi connectivity index (χ1v) is 9.76. The number of imidazole rings is 1. The lowest BCUT2D eigenvalue weighted by atomic mass is 10.0. The molecule has 2 saturated heterocycles. The molecular weight excluding hydrogens is 344 g/mol. The van der Waals surface area contributed by atoms with Crippen molar-refractivity contribution < 1.29 is 14.6 Å². The van der Waals surface area contributed by atoms with Crippen molar-refractivity contribution in [3.05, 3.63) is 35.8 Å². The fourth-order valence-electron chi connectivity index (χ4n) is 4.18. The summed E-state index contributed by atoms with van der Waals surface area (Å²) in [4.78, 5) is 21.4. The van der Waals surface area contributed by atoms with Crippen molar-refractivity contribution in [3.63, 3.8) is 0 Å². The van der Waals surface area contributed by atoms with Gasteiger partial charge in [0.05, 0.1) is 31.9 Å². The van der Waals surface area contributed by atoms with E-state index >= 15 is 0 Å². The normalized spacial score (nSPS) is 24.4. The number of aliphatic hydroxyl groups is 1. The third-order valence-electron chi connectivity index (χ3n) is 5.57. The smallest absolute Gasteiger partial charge is 0.228 e. The van der Waals surface area contributed by atoms with Gasteiger partial charge in [0.1, 0.15) is 11.2 Å². The molecule has 2 fully saturated rings. The van der Waals surface area contributed by atoms with Crippen molar-refractivity contribution >= 4 is 11.6 Å². The number of aryl methyl sites for hydroxylation is 1. The highest BCUT2D eigenvalue weighted by Gasteiger charge is 2.36. The maximum atomic E-state index is 13.0. The van der Waals surface area contributed by atoms with Crippen molar-refractivity contribution in [1.29, 1.82) is 0 Å². The molecule has 0 saturated carbocycles. The maximum absolute atomic E-state index is 13.0. The highest BCUT2D eigenvalue weighted by Crippen LogP contribution is 2.19. The molecule has 1 amide bonds. The van der Waals surface area contributed by atoms with Gasteiger partial charge in [-0.3, -0.25) is 4.79 Å². The number of amides is 1. The van der Waals surface area contributed by atoms with E-state index in [4.69, 9.17) is 4.74 Å². The Hall–Kier alpha value is -1.96. The number of likely N-dealkylation sites (tertiary alicyclic amines) is 1. The van der Waals surface area contributed by atoms with E-state index in [2.05, 4.69) is 9.88 Å². The number of nitrogens with zero attached hydrogens (tertiary/aromatic N) is 4. The van der Waals surface area contributed by atoms with Crippen LogP contribution >= 0.6 is 0 Å². The summed E-state index contributed by atoms with van der Waals surface area (Å²) < 4.78 is 7.60. The van der Waals surface area contributed by atoms with Gasteiger partial charge in [-0.1, -0.05) is 6.07 Å². The van der Waals surface area contributed by atoms with Gasteiger partial charge < -0.3 is 24.0 Å². The molecule has 0 bridgehead atoms. The summed E-state index contributed by atoms with van der Waals surface area (Å²) in [7, 11) is 0. The Morgan fingerprint density at radius 1 is 1.33 bits per heavy atom. The van der Waals surface area contributed by atoms with Crippen LogP contribution in [0.4, 0.5) is 0 Å². The Balaban J connectivity index is 1.47. The van der Waals surface area contributed by atoms with Gasteiger partial charge in [-0.15, -0.1) is 0 Å². The Bertz CT molecular complexity index is 815. The summed E-state index contributed by atoms with van der Waals surface area (Å²) in [6.45, 7) is 6.16. The molecule has 2 aliphatic heterocycles. The highest BCUT2D eigenvalue weighted by molar-refractivity contribution is 5.78. The number of aromatic nitrogens is 2. The molecular formula is C20H28N4O3. The number of ether oxygens (including phenoxy) is 1. The van der Waals surface area contributed by atoms with Gasteiger partial charge in [0.15, 0.2) is 0 Å². The third kappa shape index (κ3) is 4.00. The lowest BCUT2D eigenvalue weighted by Gasteiger charge is -2.34. The second-order valence-electron chi connectivity index (χ2n) is 7.89. The first kappa shape index (κ1) is 18.4. The van der Waals surface area contributed by atoms with Crippen LogP contribution in [-0.2, 0) is 16.0 Å². The van der Waals surface area contributed by atoms with E-state index in [0.29, 0.717) is 26.2 Å². The lowest BCUT2D eigenvalue weighted by molar-refractivity contribution is -0.133. The molecule has 27 heavy (non-hydrogen) atoms. The topological polar surface area (TPSA) is 70.3 Å². The van der Waals surface area contributed by atoms with Crippen LogP contribution in [-0.4, -0.2) is 81.7 Å². The van der Waals surface area contributed by atoms with E-state index in [-0.39, 0.29) is 18.9 Å². The van der Waals surface area contributed by atoms with Crippen molar-refractivity contribution in [2.24, 2.45) is 0 Å². The van der Waals surface area contributed by atoms with Gasteiger partial charge in [-0.2, -0.15) is 0 Å². The molecule has 2 aliphatic rings. The lowest BCUT2D eigenvalue weighted by Crippen LogP contribution is -2.53. The van der Waals surface area contributed by atoms with Crippen LogP contribution in [0, 0.1) is 6.92 Å². The van der Waals surface area contributed by atoms with Gasteiger partial charge in [0.2, 0.25) is 5.91 Å². The van der Waals surface area contributed by atoms with Gasteiger partial charge in [-0.05, 0) is 44.5 Å². The van der Waals surface area contributed by atoms with Crippen molar-refractivity contribution in [1.82, 2.24) is 19.2 Å². The predicted octanol–water partition coefficient (Wildman–Crippen LogP) is 0.871. The van der Waals surface area contributed by atoms with Gasteiger partial charge >= 0.3 is 0 Å². The molecule has 4 heterocycles. The summed E-state index contributed by atoms with van der Waals surface area (Å²) in [5.41, 5.74) is 1.82. The summed E-state index contributed by atoms with van der Waals surface area (Å²) in [6.07, 6.45) is 6.32. The van der Waals surface area contributed by atoms with E-state index in [1.165, 1.54) is 12.8 Å². The fraction of sp³-hybridized carbons (Fsp3) is 0.600. The van der Waals surface area contributed by atoms with Gasteiger partial charge in [0.25, 0.3) is 0 Å². The van der Waals surface area contributed by atoms with Crippen LogP contribution in [0.25, 0.3) is 5.65 Å². The summed E-state index contributed by atoms with van der Waals surface area (Å²) >= 11 is 0. The fourth-order valence-corrected chi connectivity index (χ4v) is 4.18. The largest absolute Gasteiger partial charge is 0.384 e. The van der Waals surface area contributed by atoms with Crippen molar-refractivity contribution in [3.8, 4) is 0 Å². The Morgan fingerprint density at radius 3 is 2.96 bits per heavy atom. The number of rotatable bonds is 4. The van der Waals surface area contributed by atoms with Gasteiger partial charge in [-0.25, -0.2) is 4.98 Å². The average Bonchev–Trinajstić information content (AvgIpc) is 3.24. The number of hydrogen-bond donors (Lipinski definition) is 1. The molecule has 0 spiro atoms. The summed E-state index contributed by atoms with van der Waals surface area (Å²) in [5.74, 6) is 0.00338. The van der Waals surface area contributed by atoms with E-state index in [1.807, 2.05) is 29.7 Å². The molecule has 7 nitrogen and oxygen atoms in total. The van der Waals surface area contributed by atoms with E-state index < -0.39 is 5.60 Å². The molecule has 0 aliphatic carbocycles. The zero-order chi connectivity index (χ0) is 18.9. The first-order valence-electron chi connectivity index (χ1n) is 9.76. The van der Waals surface area contributed by atoms with Crippen LogP contribution in [0.1, 0.15) is 24.1 Å². The molecule has 2 aromatic rings. The molecule has 2 aromatic heterocycles. The van der Waals surface area contributed by atoms with Crippen LogP contribution in [0.2, 0.25) is 0 Å². The zero-order valence-corrected chi connectivity index (χ0v) is 15.9. The molecule has 0 aromatic carbocycles.